The number of piperazine rings is 1. The van der Waals surface area contributed by atoms with Crippen molar-refractivity contribution in [3.8, 4) is 23.3 Å². The van der Waals surface area contributed by atoms with Gasteiger partial charge in [0.1, 0.15) is 17.7 Å². The van der Waals surface area contributed by atoms with Gasteiger partial charge in [-0.25, -0.2) is 0 Å². The van der Waals surface area contributed by atoms with E-state index in [2.05, 4.69) is 33.2 Å². The van der Waals surface area contributed by atoms with Crippen molar-refractivity contribution < 1.29 is 14.2 Å². The second-order valence-electron chi connectivity index (χ2n) is 8.47. The van der Waals surface area contributed by atoms with E-state index in [4.69, 9.17) is 37.4 Å². The standard InChI is InChI=1S/C26H29Cl2N5O3/c1-4-35-22-13-18-21(14-23(22)36-12-11-33-9-7-32(2)8-10-33)30-16-17(15-29)25(18)31-20-6-5-19(27)26(34-3)24(20)28/h5-6,13-14,16H,4,7-12H2,1-3H3,(H,30,31). The van der Waals surface area contributed by atoms with Crippen LogP contribution in [0.1, 0.15) is 12.5 Å². The van der Waals surface area contributed by atoms with Crippen molar-refractivity contribution in [3.05, 3.63) is 46.1 Å². The van der Waals surface area contributed by atoms with Crippen molar-refractivity contribution in [1.82, 2.24) is 14.8 Å². The summed E-state index contributed by atoms with van der Waals surface area (Å²) in [5.41, 5.74) is 2.12. The Bertz CT molecular complexity index is 1270. The number of benzene rings is 2. The third kappa shape index (κ3) is 5.71. The number of hydrogen-bond donors (Lipinski definition) is 1. The smallest absolute Gasteiger partial charge is 0.163 e. The number of halogens is 2. The van der Waals surface area contributed by atoms with Crippen LogP contribution in [0.5, 0.6) is 17.2 Å². The largest absolute Gasteiger partial charge is 0.494 e. The molecule has 0 unspecified atom stereocenters. The van der Waals surface area contributed by atoms with Gasteiger partial charge in [0.25, 0.3) is 0 Å². The fourth-order valence-corrected chi connectivity index (χ4v) is 4.68. The quantitative estimate of drug-likeness (QED) is 0.405. The number of anilines is 2. The van der Waals surface area contributed by atoms with E-state index in [1.165, 1.54) is 13.3 Å². The van der Waals surface area contributed by atoms with Gasteiger partial charge in [0.15, 0.2) is 17.2 Å². The first-order chi connectivity index (χ1) is 17.4. The molecule has 3 aromatic rings. The molecule has 2 heterocycles. The Balaban J connectivity index is 1.65. The lowest BCUT2D eigenvalue weighted by Gasteiger charge is -2.32. The highest BCUT2D eigenvalue weighted by atomic mass is 35.5. The molecule has 0 saturated carbocycles. The number of nitrogens with one attached hydrogen (secondary N) is 1. The molecule has 0 atom stereocenters. The Morgan fingerprint density at radius 3 is 2.56 bits per heavy atom. The average Bonchev–Trinajstić information content (AvgIpc) is 2.88. The third-order valence-electron chi connectivity index (χ3n) is 6.13. The molecule has 0 spiro atoms. The molecule has 1 saturated heterocycles. The summed E-state index contributed by atoms with van der Waals surface area (Å²) in [7, 11) is 3.64. The number of pyridine rings is 1. The number of methoxy groups -OCH3 is 1. The van der Waals surface area contributed by atoms with Crippen LogP contribution >= 0.6 is 23.2 Å². The van der Waals surface area contributed by atoms with E-state index in [0.717, 1.165) is 32.7 Å². The first-order valence-corrected chi connectivity index (χ1v) is 12.5. The van der Waals surface area contributed by atoms with E-state index >= 15 is 0 Å². The van der Waals surface area contributed by atoms with Crippen LogP contribution in [0.4, 0.5) is 11.4 Å². The minimum Gasteiger partial charge on any atom is -0.494 e. The molecule has 1 N–H and O–H groups in total. The molecule has 0 radical (unpaired) electrons. The molecule has 0 amide bonds. The molecular formula is C26H29Cl2N5O3. The normalized spacial score (nSPS) is 14.4. The Kier molecular flexibility index (Phi) is 8.60. The molecule has 8 nitrogen and oxygen atoms in total. The molecule has 1 aliphatic heterocycles. The van der Waals surface area contributed by atoms with Gasteiger partial charge in [-0.15, -0.1) is 0 Å². The Morgan fingerprint density at radius 2 is 1.86 bits per heavy atom. The van der Waals surface area contributed by atoms with Crippen LogP contribution in [0.2, 0.25) is 10.0 Å². The number of nitriles is 1. The SMILES string of the molecule is CCOc1cc2c(Nc3ccc(Cl)c(OC)c3Cl)c(C#N)cnc2cc1OCCN1CCN(C)CC1. The summed E-state index contributed by atoms with van der Waals surface area (Å²) in [5.74, 6) is 1.56. The van der Waals surface area contributed by atoms with Gasteiger partial charge in [-0.05, 0) is 32.2 Å². The van der Waals surface area contributed by atoms with Crippen LogP contribution in [0.15, 0.2) is 30.5 Å². The maximum atomic E-state index is 9.78. The Labute approximate surface area is 221 Å². The van der Waals surface area contributed by atoms with E-state index in [1.807, 2.05) is 19.1 Å². The van der Waals surface area contributed by atoms with Crippen molar-refractivity contribution in [2.75, 3.05) is 65.4 Å². The molecule has 0 aliphatic carbocycles. The summed E-state index contributed by atoms with van der Waals surface area (Å²) >= 11 is 12.7. The first kappa shape index (κ1) is 26.1. The molecule has 0 bridgehead atoms. The van der Waals surface area contributed by atoms with Gasteiger partial charge in [-0.3, -0.25) is 9.88 Å². The highest BCUT2D eigenvalue weighted by Gasteiger charge is 2.18. The lowest BCUT2D eigenvalue weighted by molar-refractivity contribution is 0.132. The fraction of sp³-hybridized carbons (Fsp3) is 0.385. The van der Waals surface area contributed by atoms with Crippen LogP contribution in [-0.2, 0) is 0 Å². The van der Waals surface area contributed by atoms with Crippen molar-refractivity contribution in [1.29, 1.82) is 5.26 Å². The van der Waals surface area contributed by atoms with Crippen LogP contribution < -0.4 is 19.5 Å². The Hall–Kier alpha value is -2.96. The van der Waals surface area contributed by atoms with Gasteiger partial charge in [0, 0.05) is 50.4 Å². The topological polar surface area (TPSA) is 82.9 Å². The predicted octanol–water partition coefficient (Wildman–Crippen LogP) is 5.19. The summed E-state index contributed by atoms with van der Waals surface area (Å²) in [6.07, 6.45) is 1.53. The van der Waals surface area contributed by atoms with Gasteiger partial charge in [-0.2, -0.15) is 5.26 Å². The zero-order valence-corrected chi connectivity index (χ0v) is 22.1. The second kappa shape index (κ2) is 11.8. The van der Waals surface area contributed by atoms with Crippen LogP contribution in [0.3, 0.4) is 0 Å². The van der Waals surface area contributed by atoms with Crippen molar-refractivity contribution in [2.45, 2.75) is 6.92 Å². The molecule has 1 aromatic heterocycles. The summed E-state index contributed by atoms with van der Waals surface area (Å²) in [4.78, 5) is 9.22. The van der Waals surface area contributed by atoms with Crippen LogP contribution in [0, 0.1) is 11.3 Å². The first-order valence-electron chi connectivity index (χ1n) is 11.8. The van der Waals surface area contributed by atoms with Crippen molar-refractivity contribution >= 4 is 45.5 Å². The average molecular weight is 530 g/mol. The van der Waals surface area contributed by atoms with E-state index in [1.54, 1.807) is 12.1 Å². The lowest BCUT2D eigenvalue weighted by atomic mass is 10.1. The maximum absolute atomic E-state index is 9.78. The molecule has 190 valence electrons. The Morgan fingerprint density at radius 1 is 1.11 bits per heavy atom. The second-order valence-corrected chi connectivity index (χ2v) is 9.25. The number of fused-ring (bicyclic) bond motifs is 1. The maximum Gasteiger partial charge on any atom is 0.163 e. The predicted molar refractivity (Wildman–Crippen MR) is 143 cm³/mol. The highest BCUT2D eigenvalue weighted by molar-refractivity contribution is 6.39. The van der Waals surface area contributed by atoms with Crippen molar-refractivity contribution in [2.24, 2.45) is 0 Å². The number of likely N-dealkylation sites (N-methyl/N-ethyl adjacent to an activating group) is 1. The van der Waals surface area contributed by atoms with Gasteiger partial charge >= 0.3 is 0 Å². The molecule has 2 aromatic carbocycles. The minimum absolute atomic E-state index is 0.313. The number of aromatic nitrogens is 1. The van der Waals surface area contributed by atoms with E-state index in [9.17, 15) is 5.26 Å². The number of rotatable bonds is 9. The molecular weight excluding hydrogens is 501 g/mol. The van der Waals surface area contributed by atoms with Gasteiger partial charge in [0.05, 0.1) is 41.2 Å². The van der Waals surface area contributed by atoms with Gasteiger partial charge in [0.2, 0.25) is 0 Å². The van der Waals surface area contributed by atoms with Gasteiger partial charge in [-0.1, -0.05) is 23.2 Å². The summed E-state index contributed by atoms with van der Waals surface area (Å²) in [6.45, 7) is 7.94. The highest BCUT2D eigenvalue weighted by Crippen LogP contribution is 2.42. The van der Waals surface area contributed by atoms with E-state index in [-0.39, 0.29) is 0 Å². The van der Waals surface area contributed by atoms with Crippen molar-refractivity contribution in [3.63, 3.8) is 0 Å². The molecule has 10 heteroatoms. The summed E-state index contributed by atoms with van der Waals surface area (Å²) in [6, 6.07) is 9.32. The molecule has 1 aliphatic rings. The summed E-state index contributed by atoms with van der Waals surface area (Å²) < 4.78 is 17.4. The van der Waals surface area contributed by atoms with E-state index in [0.29, 0.717) is 68.3 Å². The number of hydrogen-bond acceptors (Lipinski definition) is 8. The third-order valence-corrected chi connectivity index (χ3v) is 6.80. The van der Waals surface area contributed by atoms with Gasteiger partial charge < -0.3 is 24.4 Å². The van der Waals surface area contributed by atoms with Crippen LogP contribution in [-0.4, -0.2) is 74.9 Å². The number of ether oxygens (including phenoxy) is 3. The fourth-order valence-electron chi connectivity index (χ4n) is 4.11. The van der Waals surface area contributed by atoms with E-state index < -0.39 is 0 Å². The summed E-state index contributed by atoms with van der Waals surface area (Å²) in [5, 5.41) is 14.5. The molecule has 36 heavy (non-hydrogen) atoms. The zero-order chi connectivity index (χ0) is 25.7. The molecule has 4 rings (SSSR count). The number of nitrogens with zero attached hydrogens (tertiary/aromatic N) is 4. The molecule has 1 fully saturated rings. The lowest BCUT2D eigenvalue weighted by Crippen LogP contribution is -2.45. The monoisotopic (exact) mass is 529 g/mol. The zero-order valence-electron chi connectivity index (χ0n) is 20.6. The minimum atomic E-state index is 0.313. The van der Waals surface area contributed by atoms with Crippen LogP contribution in [0.25, 0.3) is 10.9 Å².